The van der Waals surface area contributed by atoms with Crippen LogP contribution in [0.15, 0.2) is 42.5 Å². The van der Waals surface area contributed by atoms with Crippen LogP contribution < -0.4 is 14.4 Å². The van der Waals surface area contributed by atoms with Gasteiger partial charge in [-0.15, -0.1) is 0 Å². The Morgan fingerprint density at radius 2 is 1.87 bits per heavy atom. The fourth-order valence-electron chi connectivity index (χ4n) is 3.77. The number of rotatable bonds is 6. The number of sulfonamides is 1. The lowest BCUT2D eigenvalue weighted by molar-refractivity contribution is -0.120. The Morgan fingerprint density at radius 1 is 1.20 bits per heavy atom. The van der Waals surface area contributed by atoms with Gasteiger partial charge in [-0.1, -0.05) is 36.8 Å². The molecule has 2 aromatic carbocycles. The molecule has 0 radical (unpaired) electrons. The Labute approximate surface area is 179 Å². The second-order valence-corrected chi connectivity index (χ2v) is 10.4. The van der Waals surface area contributed by atoms with E-state index in [2.05, 4.69) is 5.32 Å². The third-order valence-electron chi connectivity index (χ3n) is 5.28. The molecule has 30 heavy (non-hydrogen) atoms. The van der Waals surface area contributed by atoms with Crippen LogP contribution in [0.5, 0.6) is 5.75 Å². The summed E-state index contributed by atoms with van der Waals surface area (Å²) in [6.45, 7) is 7.71. The minimum absolute atomic E-state index is 0.250. The number of hydrogen-bond donors (Lipinski definition) is 1. The standard InChI is InChI=1S/C23H30N2O4S/c1-6-17-8-10-18(11-9-17)25(30(5,27)28)15-22(26)24-20-14-23(3,4)29-21-12-7-16(2)13-19(20)21/h7-13,20H,6,14-15H2,1-5H3,(H,24,26)/t20-/m1/s1. The van der Waals surface area contributed by atoms with E-state index in [4.69, 9.17) is 4.74 Å². The topological polar surface area (TPSA) is 75.7 Å². The van der Waals surface area contributed by atoms with E-state index in [1.807, 2.05) is 58.0 Å². The van der Waals surface area contributed by atoms with E-state index in [1.165, 1.54) is 0 Å². The lowest BCUT2D eigenvalue weighted by atomic mass is 9.89. The molecule has 0 aromatic heterocycles. The molecular weight excluding hydrogens is 400 g/mol. The number of aryl methyl sites for hydroxylation is 2. The normalized spacial score (nSPS) is 17.6. The summed E-state index contributed by atoms with van der Waals surface area (Å²) in [4.78, 5) is 12.9. The third kappa shape index (κ3) is 5.14. The van der Waals surface area contributed by atoms with Crippen LogP contribution in [-0.4, -0.2) is 32.7 Å². The van der Waals surface area contributed by atoms with Crippen molar-refractivity contribution in [3.63, 3.8) is 0 Å². The maximum Gasteiger partial charge on any atom is 0.241 e. The molecule has 0 saturated heterocycles. The molecule has 2 aromatic rings. The van der Waals surface area contributed by atoms with Crippen LogP contribution in [0.4, 0.5) is 5.69 Å². The summed E-state index contributed by atoms with van der Waals surface area (Å²) < 4.78 is 32.0. The SMILES string of the molecule is CCc1ccc(N(CC(=O)N[C@@H]2CC(C)(C)Oc3ccc(C)cc32)S(C)(=O)=O)cc1. The zero-order valence-corrected chi connectivity index (χ0v) is 19.0. The zero-order chi connectivity index (χ0) is 22.1. The predicted molar refractivity (Wildman–Crippen MR) is 119 cm³/mol. The molecule has 1 atom stereocenters. The number of amides is 1. The highest BCUT2D eigenvalue weighted by Gasteiger charge is 2.35. The van der Waals surface area contributed by atoms with Crippen LogP contribution in [-0.2, 0) is 21.2 Å². The van der Waals surface area contributed by atoms with Crippen molar-refractivity contribution in [2.24, 2.45) is 0 Å². The summed E-state index contributed by atoms with van der Waals surface area (Å²) in [6, 6.07) is 12.9. The first-order chi connectivity index (χ1) is 14.0. The number of fused-ring (bicyclic) bond motifs is 1. The van der Waals surface area contributed by atoms with Crippen molar-refractivity contribution >= 4 is 21.6 Å². The van der Waals surface area contributed by atoms with Crippen molar-refractivity contribution in [1.82, 2.24) is 5.32 Å². The van der Waals surface area contributed by atoms with Gasteiger partial charge in [-0.3, -0.25) is 9.10 Å². The van der Waals surface area contributed by atoms with Crippen molar-refractivity contribution in [2.45, 2.75) is 52.2 Å². The lowest BCUT2D eigenvalue weighted by Crippen LogP contribution is -2.45. The molecule has 0 saturated carbocycles. The summed E-state index contributed by atoms with van der Waals surface area (Å²) in [7, 11) is -3.62. The number of carbonyl (C=O) groups is 1. The largest absolute Gasteiger partial charge is 0.487 e. The van der Waals surface area contributed by atoms with Gasteiger partial charge >= 0.3 is 0 Å². The Morgan fingerprint density at radius 3 is 2.47 bits per heavy atom. The summed E-state index contributed by atoms with van der Waals surface area (Å²) in [5, 5.41) is 3.03. The van der Waals surface area contributed by atoms with E-state index in [9.17, 15) is 13.2 Å². The highest BCUT2D eigenvalue weighted by molar-refractivity contribution is 7.92. The molecular formula is C23H30N2O4S. The van der Waals surface area contributed by atoms with Gasteiger partial charge in [0, 0.05) is 12.0 Å². The number of nitrogens with zero attached hydrogens (tertiary/aromatic N) is 1. The smallest absolute Gasteiger partial charge is 0.241 e. The van der Waals surface area contributed by atoms with Crippen LogP contribution in [0.1, 0.15) is 49.9 Å². The van der Waals surface area contributed by atoms with Gasteiger partial charge in [0.05, 0.1) is 18.0 Å². The first kappa shape index (κ1) is 22.2. The molecule has 1 heterocycles. The number of anilines is 1. The number of hydrogen-bond acceptors (Lipinski definition) is 4. The fraction of sp³-hybridized carbons (Fsp3) is 0.435. The second-order valence-electron chi connectivity index (χ2n) is 8.52. The highest BCUT2D eigenvalue weighted by Crippen LogP contribution is 2.39. The maximum atomic E-state index is 12.9. The van der Waals surface area contributed by atoms with Crippen LogP contribution in [0.2, 0.25) is 0 Å². The average molecular weight is 431 g/mol. The highest BCUT2D eigenvalue weighted by atomic mass is 32.2. The van der Waals surface area contributed by atoms with E-state index >= 15 is 0 Å². The first-order valence-electron chi connectivity index (χ1n) is 10.1. The summed E-state index contributed by atoms with van der Waals surface area (Å²) >= 11 is 0. The Hall–Kier alpha value is -2.54. The summed E-state index contributed by atoms with van der Waals surface area (Å²) in [5.74, 6) is 0.396. The molecule has 0 aliphatic carbocycles. The lowest BCUT2D eigenvalue weighted by Gasteiger charge is -2.38. The van der Waals surface area contributed by atoms with Gasteiger partial charge in [0.1, 0.15) is 17.9 Å². The third-order valence-corrected chi connectivity index (χ3v) is 6.42. The second kappa shape index (κ2) is 8.30. The van der Waals surface area contributed by atoms with Gasteiger partial charge in [-0.05, 0) is 51.0 Å². The Bertz CT molecular complexity index is 1030. The molecule has 162 valence electrons. The van der Waals surface area contributed by atoms with E-state index in [0.29, 0.717) is 12.1 Å². The summed E-state index contributed by atoms with van der Waals surface area (Å²) in [5.41, 5.74) is 3.14. The van der Waals surface area contributed by atoms with Crippen LogP contribution in [0, 0.1) is 6.92 Å². The van der Waals surface area contributed by atoms with Gasteiger partial charge in [0.25, 0.3) is 0 Å². The van der Waals surface area contributed by atoms with E-state index in [0.717, 1.165) is 39.4 Å². The molecule has 1 aliphatic rings. The average Bonchev–Trinajstić information content (AvgIpc) is 2.65. The van der Waals surface area contributed by atoms with E-state index in [-0.39, 0.29) is 18.5 Å². The van der Waals surface area contributed by atoms with Crippen LogP contribution in [0.3, 0.4) is 0 Å². The Kier molecular flexibility index (Phi) is 6.13. The molecule has 0 fully saturated rings. The van der Waals surface area contributed by atoms with Gasteiger partial charge in [-0.2, -0.15) is 0 Å². The van der Waals surface area contributed by atoms with Gasteiger partial charge in [-0.25, -0.2) is 8.42 Å². The Balaban J connectivity index is 1.83. The van der Waals surface area contributed by atoms with Crippen molar-refractivity contribution in [3.05, 3.63) is 59.2 Å². The van der Waals surface area contributed by atoms with Gasteiger partial charge in [0.15, 0.2) is 0 Å². The predicted octanol–water partition coefficient (Wildman–Crippen LogP) is 3.74. The molecule has 1 N–H and O–H groups in total. The summed E-state index contributed by atoms with van der Waals surface area (Å²) in [6.07, 6.45) is 2.57. The molecule has 1 amide bonds. The van der Waals surface area contributed by atoms with Crippen molar-refractivity contribution in [3.8, 4) is 5.75 Å². The molecule has 0 bridgehead atoms. The number of benzene rings is 2. The maximum absolute atomic E-state index is 12.9. The number of nitrogens with one attached hydrogen (secondary N) is 1. The number of carbonyl (C=O) groups excluding carboxylic acids is 1. The minimum atomic E-state index is -3.62. The first-order valence-corrected chi connectivity index (χ1v) is 12.0. The van der Waals surface area contributed by atoms with Crippen LogP contribution >= 0.6 is 0 Å². The van der Waals surface area contributed by atoms with E-state index in [1.54, 1.807) is 12.1 Å². The minimum Gasteiger partial charge on any atom is -0.487 e. The molecule has 0 spiro atoms. The molecule has 6 nitrogen and oxygen atoms in total. The van der Waals surface area contributed by atoms with Gasteiger partial charge < -0.3 is 10.1 Å². The molecule has 0 unspecified atom stereocenters. The van der Waals surface area contributed by atoms with Crippen molar-refractivity contribution < 1.29 is 17.9 Å². The van der Waals surface area contributed by atoms with E-state index < -0.39 is 15.6 Å². The fourth-order valence-corrected chi connectivity index (χ4v) is 4.63. The molecule has 3 rings (SSSR count). The number of ether oxygens (including phenoxy) is 1. The van der Waals surface area contributed by atoms with Gasteiger partial charge in [0.2, 0.25) is 15.9 Å². The monoisotopic (exact) mass is 430 g/mol. The quantitative estimate of drug-likeness (QED) is 0.757. The van der Waals surface area contributed by atoms with Crippen molar-refractivity contribution in [2.75, 3.05) is 17.1 Å². The molecule has 1 aliphatic heterocycles. The zero-order valence-electron chi connectivity index (χ0n) is 18.2. The van der Waals surface area contributed by atoms with Crippen molar-refractivity contribution in [1.29, 1.82) is 0 Å². The molecule has 7 heteroatoms. The van der Waals surface area contributed by atoms with Crippen LogP contribution in [0.25, 0.3) is 0 Å².